The number of fused-ring (bicyclic) bond motifs is 1. The summed E-state index contributed by atoms with van der Waals surface area (Å²) < 4.78 is 42.3. The average Bonchev–Trinajstić information content (AvgIpc) is 3.09. The van der Waals surface area contributed by atoms with Crippen LogP contribution in [0.2, 0.25) is 0 Å². The zero-order valence-corrected chi connectivity index (χ0v) is 18.4. The number of likely N-dealkylation sites (N-methyl/N-ethyl adjacent to an activating group) is 1. The maximum atomic E-state index is 12.2. The molecule has 3 rings (SSSR count). The van der Waals surface area contributed by atoms with E-state index in [2.05, 4.69) is 10.2 Å². The van der Waals surface area contributed by atoms with Crippen molar-refractivity contribution in [3.05, 3.63) is 40.3 Å². The van der Waals surface area contributed by atoms with Crippen LogP contribution in [0, 0.1) is 0 Å². The number of carbonyl (C=O) groups excluding carboxylic acids is 1. The van der Waals surface area contributed by atoms with Crippen molar-refractivity contribution in [1.82, 2.24) is 4.90 Å². The number of thiophene rings is 1. The van der Waals surface area contributed by atoms with Crippen molar-refractivity contribution in [2.75, 3.05) is 32.6 Å². The van der Waals surface area contributed by atoms with Gasteiger partial charge in [0, 0.05) is 24.0 Å². The van der Waals surface area contributed by atoms with E-state index >= 15 is 0 Å². The number of hydrogen-bond donors (Lipinski definition) is 3. The molecule has 0 bridgehead atoms. The fourth-order valence-corrected chi connectivity index (χ4v) is 4.18. The number of rotatable bonds is 6. The minimum Gasteiger partial charge on any atom is -0.497 e. The zero-order valence-electron chi connectivity index (χ0n) is 17.6. The van der Waals surface area contributed by atoms with Crippen LogP contribution in [-0.4, -0.2) is 66.4 Å². The molecule has 0 saturated carbocycles. The van der Waals surface area contributed by atoms with E-state index in [9.17, 15) is 27.9 Å². The molecule has 1 aliphatic rings. The summed E-state index contributed by atoms with van der Waals surface area (Å²) in [6.07, 6.45) is -4.42. The van der Waals surface area contributed by atoms with Crippen LogP contribution in [0.1, 0.15) is 20.8 Å². The summed E-state index contributed by atoms with van der Waals surface area (Å²) in [5.74, 6) is -3.04. The summed E-state index contributed by atoms with van der Waals surface area (Å²) in [5, 5.41) is 19.7. The fraction of sp³-hybridized carbons (Fsp3) is 0.350. The smallest absolute Gasteiger partial charge is 0.490 e. The molecule has 0 radical (unpaired) electrons. The Hall–Kier alpha value is -3.32. The fourth-order valence-electron chi connectivity index (χ4n) is 2.85. The van der Waals surface area contributed by atoms with Gasteiger partial charge in [0.05, 0.1) is 12.7 Å². The quantitative estimate of drug-likeness (QED) is 0.564. The molecule has 1 amide bonds. The molecule has 3 N–H and O–H groups in total. The second-order valence-corrected chi connectivity index (χ2v) is 7.92. The Balaban J connectivity index is 0.000000479. The zero-order chi connectivity index (χ0) is 24.8. The van der Waals surface area contributed by atoms with Crippen molar-refractivity contribution in [2.24, 2.45) is 0 Å². The molecule has 1 aromatic carbocycles. The number of aliphatic carboxylic acids is 1. The summed E-state index contributed by atoms with van der Waals surface area (Å²) in [4.78, 5) is 35.9. The highest BCUT2D eigenvalue weighted by molar-refractivity contribution is 7.17. The molecule has 33 heavy (non-hydrogen) atoms. The lowest BCUT2D eigenvalue weighted by atomic mass is 10.0. The van der Waals surface area contributed by atoms with E-state index in [1.165, 1.54) is 11.3 Å². The molecular formula is C20H21F3N2O7S. The third-order valence-electron chi connectivity index (χ3n) is 4.37. The molecule has 9 nitrogen and oxygen atoms in total. The molecule has 13 heteroatoms. The number of carboxylic acid groups (broad SMARTS) is 2. The molecule has 0 unspecified atom stereocenters. The van der Waals surface area contributed by atoms with Crippen molar-refractivity contribution in [3.8, 4) is 11.5 Å². The van der Waals surface area contributed by atoms with Crippen LogP contribution in [0.25, 0.3) is 0 Å². The van der Waals surface area contributed by atoms with Gasteiger partial charge >= 0.3 is 18.1 Å². The van der Waals surface area contributed by atoms with E-state index in [0.29, 0.717) is 29.5 Å². The van der Waals surface area contributed by atoms with Crippen LogP contribution in [-0.2, 0) is 22.6 Å². The number of aromatic carboxylic acids is 1. The number of halogens is 3. The number of carboxylic acids is 2. The van der Waals surface area contributed by atoms with Gasteiger partial charge in [0.25, 0.3) is 5.91 Å². The van der Waals surface area contributed by atoms with E-state index < -0.39 is 24.0 Å². The van der Waals surface area contributed by atoms with Crippen molar-refractivity contribution in [3.63, 3.8) is 0 Å². The van der Waals surface area contributed by atoms with Crippen LogP contribution >= 0.6 is 11.3 Å². The Morgan fingerprint density at radius 3 is 2.42 bits per heavy atom. The lowest BCUT2D eigenvalue weighted by molar-refractivity contribution is -0.192. The molecule has 0 atom stereocenters. The van der Waals surface area contributed by atoms with Crippen LogP contribution in [0.4, 0.5) is 18.2 Å². The highest BCUT2D eigenvalue weighted by Gasteiger charge is 2.38. The van der Waals surface area contributed by atoms with Gasteiger partial charge in [0.15, 0.2) is 6.61 Å². The number of ether oxygens (including phenoxy) is 2. The number of methoxy groups -OCH3 is 1. The van der Waals surface area contributed by atoms with Gasteiger partial charge in [0.1, 0.15) is 16.5 Å². The minimum absolute atomic E-state index is 0.202. The monoisotopic (exact) mass is 490 g/mol. The first-order chi connectivity index (χ1) is 15.4. The molecular weight excluding hydrogens is 469 g/mol. The molecule has 1 aromatic heterocycles. The average molecular weight is 490 g/mol. The predicted octanol–water partition coefficient (Wildman–Crippen LogP) is 3.09. The molecule has 2 heterocycles. The maximum Gasteiger partial charge on any atom is 0.490 e. The van der Waals surface area contributed by atoms with Gasteiger partial charge in [-0.05, 0) is 31.2 Å². The number of amides is 1. The SMILES string of the molecule is COc1cccc(OCC(=O)Nc2sc3c(c2C(=O)O)CCN(C)C3)c1.O=C(O)C(F)(F)F. The van der Waals surface area contributed by atoms with Gasteiger partial charge in [-0.3, -0.25) is 4.79 Å². The third kappa shape index (κ3) is 7.36. The number of benzene rings is 1. The maximum absolute atomic E-state index is 12.2. The number of carbonyl (C=O) groups is 3. The second-order valence-electron chi connectivity index (χ2n) is 6.82. The number of anilines is 1. The Morgan fingerprint density at radius 1 is 1.21 bits per heavy atom. The lowest BCUT2D eigenvalue weighted by Gasteiger charge is -2.22. The molecule has 0 spiro atoms. The number of nitrogens with one attached hydrogen (secondary N) is 1. The second kappa shape index (κ2) is 11.0. The van der Waals surface area contributed by atoms with Gasteiger partial charge < -0.3 is 29.9 Å². The lowest BCUT2D eigenvalue weighted by Crippen LogP contribution is -2.26. The molecule has 2 aromatic rings. The van der Waals surface area contributed by atoms with Gasteiger partial charge in [0.2, 0.25) is 0 Å². The molecule has 0 fully saturated rings. The van der Waals surface area contributed by atoms with E-state index in [-0.39, 0.29) is 12.2 Å². The number of nitrogens with zero attached hydrogens (tertiary/aromatic N) is 1. The Kier molecular flexibility index (Phi) is 8.65. The molecule has 180 valence electrons. The van der Waals surface area contributed by atoms with Gasteiger partial charge in [-0.1, -0.05) is 6.07 Å². The van der Waals surface area contributed by atoms with Crippen LogP contribution in [0.15, 0.2) is 24.3 Å². The highest BCUT2D eigenvalue weighted by Crippen LogP contribution is 2.36. The summed E-state index contributed by atoms with van der Waals surface area (Å²) in [5.41, 5.74) is 1.03. The Bertz CT molecular complexity index is 1020. The summed E-state index contributed by atoms with van der Waals surface area (Å²) >= 11 is 1.32. The van der Waals surface area contributed by atoms with E-state index in [1.807, 2.05) is 7.05 Å². The van der Waals surface area contributed by atoms with Crippen LogP contribution in [0.5, 0.6) is 11.5 Å². The number of hydrogen-bond acceptors (Lipinski definition) is 7. The normalized spacial score (nSPS) is 13.2. The highest BCUT2D eigenvalue weighted by atomic mass is 32.1. The first kappa shape index (κ1) is 25.9. The van der Waals surface area contributed by atoms with E-state index in [4.69, 9.17) is 19.4 Å². The topological polar surface area (TPSA) is 125 Å². The summed E-state index contributed by atoms with van der Waals surface area (Å²) in [6.45, 7) is 1.28. The first-order valence-corrected chi connectivity index (χ1v) is 10.2. The van der Waals surface area contributed by atoms with Crippen molar-refractivity contribution in [2.45, 2.75) is 19.1 Å². The predicted molar refractivity (Wildman–Crippen MR) is 112 cm³/mol. The molecule has 0 aliphatic carbocycles. The minimum atomic E-state index is -5.08. The van der Waals surface area contributed by atoms with Crippen LogP contribution in [0.3, 0.4) is 0 Å². The van der Waals surface area contributed by atoms with E-state index in [0.717, 1.165) is 17.0 Å². The summed E-state index contributed by atoms with van der Waals surface area (Å²) in [6, 6.07) is 6.94. The van der Waals surface area contributed by atoms with Crippen molar-refractivity contribution < 1.29 is 47.2 Å². The largest absolute Gasteiger partial charge is 0.497 e. The first-order valence-electron chi connectivity index (χ1n) is 9.35. The van der Waals surface area contributed by atoms with Gasteiger partial charge in [-0.25, -0.2) is 9.59 Å². The van der Waals surface area contributed by atoms with Crippen molar-refractivity contribution >= 4 is 34.2 Å². The molecule has 1 aliphatic heterocycles. The van der Waals surface area contributed by atoms with Gasteiger partial charge in [-0.2, -0.15) is 13.2 Å². The van der Waals surface area contributed by atoms with Gasteiger partial charge in [-0.15, -0.1) is 11.3 Å². The Labute approximate surface area is 190 Å². The number of alkyl halides is 3. The molecule has 0 saturated heterocycles. The Morgan fingerprint density at radius 2 is 1.85 bits per heavy atom. The standard InChI is InChI=1S/C18H20N2O5S.C2HF3O2/c1-20-7-6-13-14(9-20)26-17(16(13)18(22)23)19-15(21)10-25-12-5-3-4-11(8-12)24-2;3-2(4,5)1(6)7/h3-5,8H,6-7,9-10H2,1-2H3,(H,19,21)(H,22,23);(H,6,7). The van der Waals surface area contributed by atoms with Crippen molar-refractivity contribution in [1.29, 1.82) is 0 Å². The van der Waals surface area contributed by atoms with Crippen LogP contribution < -0.4 is 14.8 Å². The van der Waals surface area contributed by atoms with E-state index in [1.54, 1.807) is 31.4 Å². The third-order valence-corrected chi connectivity index (χ3v) is 5.50. The summed E-state index contributed by atoms with van der Waals surface area (Å²) in [7, 11) is 3.54.